The van der Waals surface area contributed by atoms with Gasteiger partial charge in [0.05, 0.1) is 4.34 Å². The molecule has 1 aromatic heterocycles. The van der Waals surface area contributed by atoms with E-state index >= 15 is 0 Å². The topological polar surface area (TPSA) is 52.7 Å². The fraction of sp³-hybridized carbons (Fsp3) is 0.692. The molecule has 2 heterocycles. The van der Waals surface area contributed by atoms with Crippen molar-refractivity contribution in [3.63, 3.8) is 0 Å². The second-order valence-corrected chi connectivity index (χ2v) is 9.08. The Labute approximate surface area is 136 Å². The summed E-state index contributed by atoms with van der Waals surface area (Å²) in [5, 5.41) is 3.09. The van der Waals surface area contributed by atoms with Crippen LogP contribution in [0.5, 0.6) is 0 Å². The van der Waals surface area contributed by atoms with Crippen LogP contribution in [-0.2, 0) is 16.8 Å². The van der Waals surface area contributed by atoms with Crippen molar-refractivity contribution in [3.8, 4) is 0 Å². The lowest BCUT2D eigenvalue weighted by Gasteiger charge is -2.36. The van der Waals surface area contributed by atoms with Gasteiger partial charge in [0.15, 0.2) is 0 Å². The summed E-state index contributed by atoms with van der Waals surface area (Å²) in [7, 11) is 0.0587. The fourth-order valence-corrected chi connectivity index (χ4v) is 5.43. The van der Waals surface area contributed by atoms with Gasteiger partial charge in [0.2, 0.25) is 0 Å². The molecule has 0 radical (unpaired) electrons. The van der Waals surface area contributed by atoms with Crippen LogP contribution in [0.2, 0.25) is 4.34 Å². The Bertz CT molecular complexity index is 560. The highest BCUT2D eigenvalue weighted by atomic mass is 35.5. The third-order valence-electron chi connectivity index (χ3n) is 3.71. The van der Waals surface area contributed by atoms with Gasteiger partial charge in [-0.3, -0.25) is 0 Å². The maximum atomic E-state index is 12.8. The zero-order chi connectivity index (χ0) is 15.5. The van der Waals surface area contributed by atoms with Crippen molar-refractivity contribution < 1.29 is 8.42 Å². The SMILES string of the molecule is CNCC1CCCCN1S(=O)(=O)N(C)Cc1ccc(Cl)s1. The Balaban J connectivity index is 2.11. The smallest absolute Gasteiger partial charge is 0.282 e. The summed E-state index contributed by atoms with van der Waals surface area (Å²) in [5.41, 5.74) is 0. The van der Waals surface area contributed by atoms with Crippen molar-refractivity contribution in [1.82, 2.24) is 13.9 Å². The molecule has 1 aliphatic rings. The van der Waals surface area contributed by atoms with E-state index in [0.29, 0.717) is 24.0 Å². The number of thiophene rings is 1. The lowest BCUT2D eigenvalue weighted by molar-refractivity contribution is 0.232. The molecular weight excluding hydrogens is 330 g/mol. The summed E-state index contributed by atoms with van der Waals surface area (Å²) in [6.07, 6.45) is 2.93. The molecule has 1 aliphatic heterocycles. The normalized spacial score (nSPS) is 21.0. The summed E-state index contributed by atoms with van der Waals surface area (Å²) in [4.78, 5) is 0.952. The van der Waals surface area contributed by atoms with E-state index in [1.165, 1.54) is 15.6 Å². The second kappa shape index (κ2) is 7.39. The van der Waals surface area contributed by atoms with Crippen molar-refractivity contribution >= 4 is 33.1 Å². The van der Waals surface area contributed by atoms with Gasteiger partial charge in [-0.1, -0.05) is 18.0 Å². The average Bonchev–Trinajstić information content (AvgIpc) is 2.85. The molecule has 120 valence electrons. The van der Waals surface area contributed by atoms with Crippen LogP contribution < -0.4 is 5.32 Å². The number of nitrogens with zero attached hydrogens (tertiary/aromatic N) is 2. The zero-order valence-electron chi connectivity index (χ0n) is 12.4. The predicted octanol–water partition coefficient (Wildman–Crippen LogP) is 2.15. The van der Waals surface area contributed by atoms with Crippen LogP contribution in [0.1, 0.15) is 24.1 Å². The molecule has 0 spiro atoms. The standard InChI is InChI=1S/C13H22ClN3O2S2/c1-15-9-11-5-3-4-8-17(11)21(18,19)16(2)10-12-6-7-13(14)20-12/h6-7,11,15H,3-5,8-10H2,1-2H3. The predicted molar refractivity (Wildman–Crippen MR) is 88.0 cm³/mol. The van der Waals surface area contributed by atoms with E-state index in [1.807, 2.05) is 13.1 Å². The summed E-state index contributed by atoms with van der Waals surface area (Å²) in [6.45, 7) is 1.66. The Morgan fingerprint density at radius 2 is 2.24 bits per heavy atom. The van der Waals surface area contributed by atoms with Crippen molar-refractivity contribution in [2.45, 2.75) is 31.8 Å². The van der Waals surface area contributed by atoms with Crippen LogP contribution >= 0.6 is 22.9 Å². The molecule has 1 fully saturated rings. The van der Waals surface area contributed by atoms with Gasteiger partial charge < -0.3 is 5.32 Å². The van der Waals surface area contributed by atoms with Crippen LogP contribution in [-0.4, -0.2) is 50.3 Å². The molecule has 0 aliphatic carbocycles. The van der Waals surface area contributed by atoms with E-state index < -0.39 is 10.2 Å². The fourth-order valence-electron chi connectivity index (χ4n) is 2.63. The molecule has 0 bridgehead atoms. The molecule has 0 amide bonds. The largest absolute Gasteiger partial charge is 0.318 e. The van der Waals surface area contributed by atoms with Crippen molar-refractivity contribution in [2.24, 2.45) is 0 Å². The lowest BCUT2D eigenvalue weighted by atomic mass is 10.1. The Hall–Kier alpha value is -0.180. The highest BCUT2D eigenvalue weighted by Crippen LogP contribution is 2.26. The highest BCUT2D eigenvalue weighted by molar-refractivity contribution is 7.86. The molecule has 1 unspecified atom stereocenters. The number of nitrogens with one attached hydrogen (secondary N) is 1. The third-order valence-corrected chi connectivity index (χ3v) is 6.92. The maximum Gasteiger partial charge on any atom is 0.282 e. The first kappa shape index (κ1) is 17.2. The van der Waals surface area contributed by atoms with E-state index in [2.05, 4.69) is 5.32 Å². The number of hydrogen-bond donors (Lipinski definition) is 1. The quantitative estimate of drug-likeness (QED) is 0.854. The minimum absolute atomic E-state index is 0.0446. The molecule has 1 N–H and O–H groups in total. The summed E-state index contributed by atoms with van der Waals surface area (Å²) in [5.74, 6) is 0. The third kappa shape index (κ3) is 4.18. The van der Waals surface area contributed by atoms with Gasteiger partial charge in [0, 0.05) is 37.6 Å². The van der Waals surface area contributed by atoms with E-state index in [0.717, 1.165) is 24.1 Å². The number of hydrogen-bond acceptors (Lipinski definition) is 4. The van der Waals surface area contributed by atoms with Crippen LogP contribution in [0, 0.1) is 0 Å². The molecule has 2 rings (SSSR count). The summed E-state index contributed by atoms with van der Waals surface area (Å²) >= 11 is 7.32. The van der Waals surface area contributed by atoms with Crippen LogP contribution in [0.25, 0.3) is 0 Å². The Morgan fingerprint density at radius 3 is 2.86 bits per heavy atom. The van der Waals surface area contributed by atoms with Gasteiger partial charge in [0.1, 0.15) is 0 Å². The Morgan fingerprint density at radius 1 is 1.48 bits per heavy atom. The number of halogens is 1. The van der Waals surface area contributed by atoms with Crippen LogP contribution in [0.3, 0.4) is 0 Å². The molecule has 21 heavy (non-hydrogen) atoms. The molecule has 1 atom stereocenters. The monoisotopic (exact) mass is 351 g/mol. The molecule has 1 saturated heterocycles. The molecular formula is C13H22ClN3O2S2. The molecule has 5 nitrogen and oxygen atoms in total. The van der Waals surface area contributed by atoms with E-state index in [9.17, 15) is 8.42 Å². The van der Waals surface area contributed by atoms with Crippen molar-refractivity contribution in [1.29, 1.82) is 0 Å². The second-order valence-electron chi connectivity index (χ2n) is 5.29. The van der Waals surface area contributed by atoms with Gasteiger partial charge in [-0.15, -0.1) is 11.3 Å². The molecule has 1 aromatic rings. The van der Waals surface area contributed by atoms with Crippen LogP contribution in [0.4, 0.5) is 0 Å². The van der Waals surface area contributed by atoms with Crippen molar-refractivity contribution in [2.75, 3.05) is 27.2 Å². The highest BCUT2D eigenvalue weighted by Gasteiger charge is 2.34. The van der Waals surface area contributed by atoms with Gasteiger partial charge in [0.25, 0.3) is 10.2 Å². The first-order valence-corrected chi connectivity index (χ1v) is 9.66. The minimum Gasteiger partial charge on any atom is -0.318 e. The summed E-state index contributed by atoms with van der Waals surface area (Å²) in [6, 6.07) is 3.72. The zero-order valence-corrected chi connectivity index (χ0v) is 14.8. The summed E-state index contributed by atoms with van der Waals surface area (Å²) < 4.78 is 29.3. The number of likely N-dealkylation sites (N-methyl/N-ethyl adjacent to an activating group) is 1. The lowest BCUT2D eigenvalue weighted by Crippen LogP contribution is -2.52. The van der Waals surface area contributed by atoms with E-state index in [-0.39, 0.29) is 6.04 Å². The van der Waals surface area contributed by atoms with Gasteiger partial charge in [-0.2, -0.15) is 17.0 Å². The van der Waals surface area contributed by atoms with E-state index in [1.54, 1.807) is 17.4 Å². The maximum absolute atomic E-state index is 12.8. The van der Waals surface area contributed by atoms with Crippen molar-refractivity contribution in [3.05, 3.63) is 21.3 Å². The molecule has 8 heteroatoms. The van der Waals surface area contributed by atoms with Gasteiger partial charge >= 0.3 is 0 Å². The first-order valence-electron chi connectivity index (χ1n) is 7.07. The van der Waals surface area contributed by atoms with Gasteiger partial charge in [-0.05, 0) is 32.0 Å². The molecule has 0 aromatic carbocycles. The average molecular weight is 352 g/mol. The Kier molecular flexibility index (Phi) is 6.05. The van der Waals surface area contributed by atoms with Gasteiger partial charge in [-0.25, -0.2) is 0 Å². The number of rotatable bonds is 6. The number of piperidine rings is 1. The van der Waals surface area contributed by atoms with E-state index in [4.69, 9.17) is 11.6 Å². The van der Waals surface area contributed by atoms with Crippen LogP contribution in [0.15, 0.2) is 12.1 Å². The molecule has 0 saturated carbocycles. The first-order chi connectivity index (χ1) is 9.95. The minimum atomic E-state index is -3.43.